The van der Waals surface area contributed by atoms with Gasteiger partial charge in [0.15, 0.2) is 0 Å². The number of benzene rings is 2. The highest BCUT2D eigenvalue weighted by Crippen LogP contribution is 2.40. The maximum Gasteiger partial charge on any atom is 0.260 e. The highest BCUT2D eigenvalue weighted by molar-refractivity contribution is 6.30. The number of anilines is 2. The topological polar surface area (TPSA) is 62.7 Å². The largest absolute Gasteiger partial charge is 0.481 e. The van der Waals surface area contributed by atoms with Gasteiger partial charge in [-0.3, -0.25) is 9.59 Å². The summed E-state index contributed by atoms with van der Waals surface area (Å²) in [6, 6.07) is 18.1. The van der Waals surface area contributed by atoms with E-state index in [0.29, 0.717) is 29.4 Å². The first-order valence-corrected chi connectivity index (χ1v) is 11.3. The van der Waals surface area contributed by atoms with Crippen LogP contribution in [0.5, 0.6) is 5.88 Å². The van der Waals surface area contributed by atoms with Crippen molar-refractivity contribution in [1.29, 1.82) is 0 Å². The van der Waals surface area contributed by atoms with Crippen LogP contribution in [0.1, 0.15) is 42.1 Å². The van der Waals surface area contributed by atoms with Crippen molar-refractivity contribution in [2.24, 2.45) is 0 Å². The van der Waals surface area contributed by atoms with Gasteiger partial charge in [-0.1, -0.05) is 29.8 Å². The number of ether oxygens (including phenoxy) is 1. The highest BCUT2D eigenvalue weighted by atomic mass is 35.5. The number of fused-ring (bicyclic) bond motifs is 1. The second-order valence-corrected chi connectivity index (χ2v) is 8.46. The minimum absolute atomic E-state index is 0.0114. The lowest BCUT2D eigenvalue weighted by Crippen LogP contribution is -2.46. The Morgan fingerprint density at radius 2 is 1.85 bits per heavy atom. The monoisotopic (exact) mass is 463 g/mol. The second kappa shape index (κ2) is 9.63. The predicted octanol–water partition coefficient (Wildman–Crippen LogP) is 5.32. The van der Waals surface area contributed by atoms with Gasteiger partial charge in [-0.05, 0) is 62.2 Å². The van der Waals surface area contributed by atoms with Crippen molar-refractivity contribution in [2.75, 3.05) is 23.5 Å². The maximum atomic E-state index is 13.7. The molecule has 7 heteroatoms. The summed E-state index contributed by atoms with van der Waals surface area (Å²) in [7, 11) is 1.54. The molecule has 0 saturated carbocycles. The molecule has 6 nitrogen and oxygen atoms in total. The number of pyridine rings is 1. The fourth-order valence-electron chi connectivity index (χ4n) is 4.40. The lowest BCUT2D eigenvalue weighted by Gasteiger charge is -2.40. The first-order valence-electron chi connectivity index (χ1n) is 10.9. The van der Waals surface area contributed by atoms with Crippen LogP contribution in [0.15, 0.2) is 66.9 Å². The van der Waals surface area contributed by atoms with Crippen molar-refractivity contribution in [3.8, 4) is 5.88 Å². The number of halogens is 1. The number of para-hydroxylation sites is 1. The number of methoxy groups -OCH3 is 1. The Balaban J connectivity index is 1.68. The number of hydrogen-bond acceptors (Lipinski definition) is 4. The van der Waals surface area contributed by atoms with Gasteiger partial charge in [-0.15, -0.1) is 0 Å². The summed E-state index contributed by atoms with van der Waals surface area (Å²) < 4.78 is 5.10. The average Bonchev–Trinajstić information content (AvgIpc) is 2.84. The molecule has 1 aliphatic rings. The average molecular weight is 464 g/mol. The summed E-state index contributed by atoms with van der Waals surface area (Å²) in [5, 5.41) is 0.626. The Morgan fingerprint density at radius 1 is 1.12 bits per heavy atom. The Labute approximate surface area is 198 Å². The molecule has 0 aliphatic carbocycles. The molecule has 2 heterocycles. The fraction of sp³-hybridized carbons (Fsp3) is 0.269. The molecule has 0 spiro atoms. The number of nitrogens with zero attached hydrogens (tertiary/aromatic N) is 3. The van der Waals surface area contributed by atoms with E-state index in [1.807, 2.05) is 50.2 Å². The zero-order valence-electron chi connectivity index (χ0n) is 18.9. The Hall–Kier alpha value is -3.38. The molecule has 33 heavy (non-hydrogen) atoms. The van der Waals surface area contributed by atoms with Crippen molar-refractivity contribution in [2.45, 2.75) is 32.2 Å². The smallest absolute Gasteiger partial charge is 0.260 e. The highest BCUT2D eigenvalue weighted by Gasteiger charge is 2.38. The Kier molecular flexibility index (Phi) is 6.65. The van der Waals surface area contributed by atoms with Gasteiger partial charge in [0, 0.05) is 41.2 Å². The summed E-state index contributed by atoms with van der Waals surface area (Å²) in [6.45, 7) is 4.47. The van der Waals surface area contributed by atoms with Gasteiger partial charge in [0.05, 0.1) is 18.6 Å². The fourth-order valence-corrected chi connectivity index (χ4v) is 4.52. The van der Waals surface area contributed by atoms with E-state index in [0.717, 1.165) is 16.9 Å². The van der Waals surface area contributed by atoms with E-state index >= 15 is 0 Å². The van der Waals surface area contributed by atoms with Crippen LogP contribution in [0.3, 0.4) is 0 Å². The van der Waals surface area contributed by atoms with Crippen molar-refractivity contribution >= 4 is 34.8 Å². The lowest BCUT2D eigenvalue weighted by atomic mass is 9.84. The summed E-state index contributed by atoms with van der Waals surface area (Å²) in [5.74, 6) is -0.0468. The van der Waals surface area contributed by atoms with Crippen LogP contribution in [0.4, 0.5) is 11.4 Å². The first-order chi connectivity index (χ1) is 15.9. The number of likely N-dealkylation sites (N-methyl/N-ethyl adjacent to an activating group) is 1. The molecule has 2 amide bonds. The standard InChI is InChI=1S/C26H26ClN3O3/c1-4-29(20-12-10-19(27)11-13-20)26(32)22-15-17(2)30(23-8-6-5-7-21(22)23)25(31)18-9-14-24(33-3)28-16-18/h5-14,16-17,22H,4,15H2,1-3H3/t17-,22-/m0/s1. The molecule has 1 aliphatic heterocycles. The minimum Gasteiger partial charge on any atom is -0.481 e. The van der Waals surface area contributed by atoms with Crippen LogP contribution >= 0.6 is 11.6 Å². The molecular formula is C26H26ClN3O3. The minimum atomic E-state index is -0.357. The van der Waals surface area contributed by atoms with Gasteiger partial charge in [0.25, 0.3) is 5.91 Å². The van der Waals surface area contributed by atoms with E-state index in [-0.39, 0.29) is 23.8 Å². The third kappa shape index (κ3) is 4.44. The van der Waals surface area contributed by atoms with E-state index in [1.54, 1.807) is 34.1 Å². The predicted molar refractivity (Wildman–Crippen MR) is 130 cm³/mol. The van der Waals surface area contributed by atoms with E-state index in [1.165, 1.54) is 13.3 Å². The van der Waals surface area contributed by atoms with Crippen LogP contribution in [0, 0.1) is 0 Å². The first kappa shape index (κ1) is 22.8. The van der Waals surface area contributed by atoms with Gasteiger partial charge in [0.1, 0.15) is 0 Å². The van der Waals surface area contributed by atoms with Crippen LogP contribution in [0.2, 0.25) is 5.02 Å². The number of hydrogen-bond donors (Lipinski definition) is 0. The molecule has 170 valence electrons. The normalized spacial score (nSPS) is 17.3. The van der Waals surface area contributed by atoms with Gasteiger partial charge in [-0.25, -0.2) is 4.98 Å². The Bertz CT molecular complexity index is 1150. The molecule has 0 unspecified atom stereocenters. The summed E-state index contributed by atoms with van der Waals surface area (Å²) in [6.07, 6.45) is 2.04. The lowest BCUT2D eigenvalue weighted by molar-refractivity contribution is -0.120. The SMILES string of the molecule is CCN(C(=O)[C@H]1C[C@H](C)N(C(=O)c2ccc(OC)nc2)c2ccccc21)c1ccc(Cl)cc1. The third-order valence-corrected chi connectivity index (χ3v) is 6.27. The molecule has 3 aromatic rings. The summed E-state index contributed by atoms with van der Waals surface area (Å²) >= 11 is 6.03. The summed E-state index contributed by atoms with van der Waals surface area (Å²) in [4.78, 5) is 34.8. The van der Waals surface area contributed by atoms with E-state index in [4.69, 9.17) is 16.3 Å². The van der Waals surface area contributed by atoms with Crippen molar-refractivity contribution in [1.82, 2.24) is 4.98 Å². The number of carbonyl (C=O) groups is 2. The van der Waals surface area contributed by atoms with E-state index in [9.17, 15) is 9.59 Å². The maximum absolute atomic E-state index is 13.7. The number of carbonyl (C=O) groups excluding carboxylic acids is 2. The van der Waals surface area contributed by atoms with E-state index < -0.39 is 0 Å². The van der Waals surface area contributed by atoms with Crippen molar-refractivity contribution < 1.29 is 14.3 Å². The number of amides is 2. The molecular weight excluding hydrogens is 438 g/mol. The third-order valence-electron chi connectivity index (χ3n) is 6.02. The van der Waals surface area contributed by atoms with Crippen molar-refractivity contribution in [3.05, 3.63) is 83.0 Å². The van der Waals surface area contributed by atoms with Crippen LogP contribution < -0.4 is 14.5 Å². The van der Waals surface area contributed by atoms with Gasteiger partial charge < -0.3 is 14.5 Å². The van der Waals surface area contributed by atoms with Crippen molar-refractivity contribution in [3.63, 3.8) is 0 Å². The van der Waals surface area contributed by atoms with Gasteiger partial charge in [0.2, 0.25) is 11.8 Å². The Morgan fingerprint density at radius 3 is 2.48 bits per heavy atom. The molecule has 0 bridgehead atoms. The van der Waals surface area contributed by atoms with Gasteiger partial charge >= 0.3 is 0 Å². The molecule has 2 atom stereocenters. The van der Waals surface area contributed by atoms with Gasteiger partial charge in [-0.2, -0.15) is 0 Å². The summed E-state index contributed by atoms with van der Waals surface area (Å²) in [5.41, 5.74) is 2.88. The molecule has 0 N–H and O–H groups in total. The zero-order valence-corrected chi connectivity index (χ0v) is 19.6. The van der Waals surface area contributed by atoms with E-state index in [2.05, 4.69) is 4.98 Å². The van der Waals surface area contributed by atoms with Crippen LogP contribution in [-0.4, -0.2) is 36.5 Å². The number of rotatable bonds is 5. The molecule has 0 fully saturated rings. The quantitative estimate of drug-likeness (QED) is 0.513. The molecule has 0 radical (unpaired) electrons. The second-order valence-electron chi connectivity index (χ2n) is 8.02. The molecule has 4 rings (SSSR count). The molecule has 0 saturated heterocycles. The molecule has 1 aromatic heterocycles. The van der Waals surface area contributed by atoms with Crippen LogP contribution in [-0.2, 0) is 4.79 Å². The number of aromatic nitrogens is 1. The zero-order chi connectivity index (χ0) is 23.5. The molecule has 2 aromatic carbocycles. The van der Waals surface area contributed by atoms with Crippen LogP contribution in [0.25, 0.3) is 0 Å².